The van der Waals surface area contributed by atoms with Gasteiger partial charge in [-0.3, -0.25) is 9.80 Å². The molecule has 0 aromatic heterocycles. The fourth-order valence-electron chi connectivity index (χ4n) is 2.81. The van der Waals surface area contributed by atoms with Gasteiger partial charge < -0.3 is 4.74 Å². The van der Waals surface area contributed by atoms with Crippen LogP contribution in [0, 0.1) is 6.92 Å². The second-order valence-corrected chi connectivity index (χ2v) is 6.34. The molecule has 0 aromatic carbocycles. The summed E-state index contributed by atoms with van der Waals surface area (Å²) in [4.78, 5) is 4.63. The molecule has 0 spiro atoms. The SMILES string of the molecule is [CH2]C(C)(C)N1CCN(CC2(F)CCOCC2)CC1. The molecular formula is C14H26FN2O. The zero-order valence-corrected chi connectivity index (χ0v) is 11.8. The van der Waals surface area contributed by atoms with Crippen LogP contribution in [0.3, 0.4) is 0 Å². The van der Waals surface area contributed by atoms with E-state index in [-0.39, 0.29) is 5.54 Å². The molecular weight excluding hydrogens is 231 g/mol. The van der Waals surface area contributed by atoms with Gasteiger partial charge in [-0.25, -0.2) is 4.39 Å². The second-order valence-electron chi connectivity index (χ2n) is 6.34. The summed E-state index contributed by atoms with van der Waals surface area (Å²) in [6, 6.07) is 0. The highest BCUT2D eigenvalue weighted by atomic mass is 19.1. The van der Waals surface area contributed by atoms with Crippen LogP contribution in [-0.4, -0.2) is 66.9 Å². The van der Waals surface area contributed by atoms with Gasteiger partial charge in [0.2, 0.25) is 0 Å². The number of hydrogen-bond acceptors (Lipinski definition) is 3. The van der Waals surface area contributed by atoms with Crippen molar-refractivity contribution in [1.82, 2.24) is 9.80 Å². The Balaban J connectivity index is 1.79. The molecule has 2 heterocycles. The Hall–Kier alpha value is -0.190. The minimum absolute atomic E-state index is 0.0157. The number of halogens is 1. The molecule has 3 nitrogen and oxygen atoms in total. The minimum Gasteiger partial charge on any atom is -0.381 e. The quantitative estimate of drug-likeness (QED) is 0.766. The van der Waals surface area contributed by atoms with E-state index in [1.807, 2.05) is 0 Å². The van der Waals surface area contributed by atoms with Crippen LogP contribution in [0.25, 0.3) is 0 Å². The number of hydrogen-bond donors (Lipinski definition) is 0. The number of piperazine rings is 1. The van der Waals surface area contributed by atoms with Crippen LogP contribution in [-0.2, 0) is 4.74 Å². The van der Waals surface area contributed by atoms with Crippen LogP contribution >= 0.6 is 0 Å². The van der Waals surface area contributed by atoms with Crippen LogP contribution in [0.5, 0.6) is 0 Å². The summed E-state index contributed by atoms with van der Waals surface area (Å²) in [5.74, 6) is 0. The van der Waals surface area contributed by atoms with Gasteiger partial charge in [-0.15, -0.1) is 0 Å². The molecule has 2 aliphatic rings. The van der Waals surface area contributed by atoms with Crippen LogP contribution in [0.15, 0.2) is 0 Å². The Kier molecular flexibility index (Phi) is 4.29. The lowest BCUT2D eigenvalue weighted by atomic mass is 9.95. The van der Waals surface area contributed by atoms with Gasteiger partial charge in [0.1, 0.15) is 5.67 Å². The van der Waals surface area contributed by atoms with E-state index in [1.54, 1.807) is 0 Å². The lowest BCUT2D eigenvalue weighted by molar-refractivity contribution is -0.0372. The van der Waals surface area contributed by atoms with Gasteiger partial charge in [0.15, 0.2) is 0 Å². The molecule has 105 valence electrons. The predicted octanol–water partition coefficient (Wildman–Crippen LogP) is 1.74. The van der Waals surface area contributed by atoms with E-state index in [1.165, 1.54) is 0 Å². The first-order valence-corrected chi connectivity index (χ1v) is 6.99. The molecule has 4 heteroatoms. The Bertz CT molecular complexity index is 263. The van der Waals surface area contributed by atoms with Crippen molar-refractivity contribution in [2.24, 2.45) is 0 Å². The largest absolute Gasteiger partial charge is 0.381 e. The van der Waals surface area contributed by atoms with Gasteiger partial charge in [-0.05, 0) is 20.8 Å². The van der Waals surface area contributed by atoms with Crippen molar-refractivity contribution in [3.8, 4) is 0 Å². The van der Waals surface area contributed by atoms with Crippen molar-refractivity contribution in [2.45, 2.75) is 37.9 Å². The molecule has 0 saturated carbocycles. The average molecular weight is 257 g/mol. The van der Waals surface area contributed by atoms with Crippen molar-refractivity contribution >= 4 is 0 Å². The Morgan fingerprint density at radius 2 is 1.72 bits per heavy atom. The summed E-state index contributed by atoms with van der Waals surface area (Å²) >= 11 is 0. The zero-order valence-electron chi connectivity index (χ0n) is 11.8. The third-order valence-corrected chi connectivity index (χ3v) is 4.12. The standard InChI is InChI=1S/C14H26FN2O/c1-13(2,3)17-8-6-16(7-9-17)12-14(15)4-10-18-11-5-14/h1,4-12H2,2-3H3. The molecule has 2 saturated heterocycles. The lowest BCUT2D eigenvalue weighted by Gasteiger charge is -2.44. The van der Waals surface area contributed by atoms with E-state index >= 15 is 0 Å². The van der Waals surface area contributed by atoms with Gasteiger partial charge >= 0.3 is 0 Å². The maximum absolute atomic E-state index is 14.5. The molecule has 0 bridgehead atoms. The van der Waals surface area contributed by atoms with Gasteiger partial charge in [-0.2, -0.15) is 0 Å². The van der Waals surface area contributed by atoms with Crippen LogP contribution in [0.4, 0.5) is 4.39 Å². The average Bonchev–Trinajstić information content (AvgIpc) is 2.29. The van der Waals surface area contributed by atoms with Crippen molar-refractivity contribution in [3.05, 3.63) is 6.92 Å². The maximum atomic E-state index is 14.5. The highest BCUT2D eigenvalue weighted by Gasteiger charge is 2.36. The molecule has 1 radical (unpaired) electrons. The van der Waals surface area contributed by atoms with E-state index in [9.17, 15) is 4.39 Å². The molecule has 2 rings (SSSR count). The molecule has 0 aromatic rings. The predicted molar refractivity (Wildman–Crippen MR) is 71.3 cm³/mol. The van der Waals surface area contributed by atoms with Crippen molar-refractivity contribution in [3.63, 3.8) is 0 Å². The number of nitrogens with zero attached hydrogens (tertiary/aromatic N) is 2. The first-order chi connectivity index (χ1) is 8.39. The molecule has 0 N–H and O–H groups in total. The monoisotopic (exact) mass is 257 g/mol. The van der Waals surface area contributed by atoms with Gasteiger partial charge in [0, 0.05) is 64.3 Å². The van der Waals surface area contributed by atoms with E-state index < -0.39 is 5.67 Å². The fourth-order valence-corrected chi connectivity index (χ4v) is 2.81. The van der Waals surface area contributed by atoms with Gasteiger partial charge in [0.05, 0.1) is 0 Å². The number of rotatable bonds is 3. The smallest absolute Gasteiger partial charge is 0.128 e. The van der Waals surface area contributed by atoms with E-state index in [0.29, 0.717) is 32.6 Å². The highest BCUT2D eigenvalue weighted by Crippen LogP contribution is 2.27. The lowest BCUT2D eigenvalue weighted by Crippen LogP contribution is -2.56. The Morgan fingerprint density at radius 1 is 1.17 bits per heavy atom. The summed E-state index contributed by atoms with van der Waals surface area (Å²) in [5.41, 5.74) is -1.04. The first kappa shape index (κ1) is 14.2. The molecule has 18 heavy (non-hydrogen) atoms. The summed E-state index contributed by atoms with van der Waals surface area (Å²) in [7, 11) is 0. The second kappa shape index (κ2) is 5.43. The van der Waals surface area contributed by atoms with E-state index in [0.717, 1.165) is 26.2 Å². The Labute approximate surface area is 110 Å². The third-order valence-electron chi connectivity index (χ3n) is 4.12. The van der Waals surface area contributed by atoms with Crippen molar-refractivity contribution in [1.29, 1.82) is 0 Å². The summed E-state index contributed by atoms with van der Waals surface area (Å²) < 4.78 is 19.8. The molecule has 0 atom stereocenters. The van der Waals surface area contributed by atoms with Gasteiger partial charge in [-0.1, -0.05) is 0 Å². The molecule has 0 unspecified atom stereocenters. The number of ether oxygens (including phenoxy) is 1. The highest BCUT2D eigenvalue weighted by molar-refractivity contribution is 4.91. The topological polar surface area (TPSA) is 15.7 Å². The van der Waals surface area contributed by atoms with Crippen molar-refractivity contribution in [2.75, 3.05) is 45.9 Å². The molecule has 2 aliphatic heterocycles. The normalized spacial score (nSPS) is 27.3. The van der Waals surface area contributed by atoms with E-state index in [4.69, 9.17) is 4.74 Å². The molecule has 2 fully saturated rings. The summed E-state index contributed by atoms with van der Waals surface area (Å²) in [6.45, 7) is 14.0. The van der Waals surface area contributed by atoms with Gasteiger partial charge in [0.25, 0.3) is 0 Å². The third kappa shape index (κ3) is 3.65. The summed E-state index contributed by atoms with van der Waals surface area (Å²) in [6.07, 6.45) is 1.10. The van der Waals surface area contributed by atoms with Crippen LogP contribution < -0.4 is 0 Å². The number of alkyl halides is 1. The Morgan fingerprint density at radius 3 is 2.22 bits per heavy atom. The van der Waals surface area contributed by atoms with Crippen molar-refractivity contribution < 1.29 is 9.13 Å². The fraction of sp³-hybridized carbons (Fsp3) is 0.929. The summed E-state index contributed by atoms with van der Waals surface area (Å²) in [5, 5.41) is 0. The molecule has 0 aliphatic carbocycles. The van der Waals surface area contributed by atoms with Crippen LogP contribution in [0.2, 0.25) is 0 Å². The zero-order chi connectivity index (χ0) is 13.2. The maximum Gasteiger partial charge on any atom is 0.128 e. The van der Waals surface area contributed by atoms with E-state index in [2.05, 4.69) is 30.6 Å². The first-order valence-electron chi connectivity index (χ1n) is 6.99. The van der Waals surface area contributed by atoms with Crippen LogP contribution in [0.1, 0.15) is 26.7 Å². The molecule has 0 amide bonds. The minimum atomic E-state index is -1.03.